The lowest BCUT2D eigenvalue weighted by molar-refractivity contribution is -0.195. The molecule has 0 aromatic rings. The average molecular weight is 489 g/mol. The zero-order chi connectivity index (χ0) is 25.6. The van der Waals surface area contributed by atoms with Crippen LogP contribution in [0.3, 0.4) is 0 Å². The van der Waals surface area contributed by atoms with Crippen LogP contribution < -0.4 is 0 Å². The number of carbonyl (C=O) groups excluding carboxylic acids is 4. The zero-order valence-electron chi connectivity index (χ0n) is 20.9. The highest BCUT2D eigenvalue weighted by Gasteiger charge is 2.83. The normalized spacial score (nSPS) is 47.0. The molecule has 5 rings (SSSR count). The number of hydrogen-bond acceptors (Lipinski definition) is 7. The molecule has 7 nitrogen and oxygen atoms in total. The van der Waals surface area contributed by atoms with Gasteiger partial charge in [-0.2, -0.15) is 0 Å². The van der Waals surface area contributed by atoms with Crippen LogP contribution in [-0.4, -0.2) is 53.6 Å². The maximum absolute atomic E-state index is 15.7. The minimum atomic E-state index is -1.50. The summed E-state index contributed by atoms with van der Waals surface area (Å²) >= 11 is 0. The lowest BCUT2D eigenvalue weighted by atomic mass is 9.46. The minimum absolute atomic E-state index is 0.0982. The van der Waals surface area contributed by atoms with Crippen LogP contribution in [0.2, 0.25) is 0 Å². The third-order valence-corrected chi connectivity index (χ3v) is 9.85. The topological polar surface area (TPSA) is 99.3 Å². The highest BCUT2D eigenvalue weighted by Crippen LogP contribution is 2.77. The number of hydrogen-bond donors (Lipinski definition) is 0. The van der Waals surface area contributed by atoms with Crippen molar-refractivity contribution in [1.82, 2.24) is 0 Å². The van der Waals surface area contributed by atoms with Gasteiger partial charge in [-0.3, -0.25) is 19.2 Å². The van der Waals surface area contributed by atoms with E-state index < -0.39 is 52.5 Å². The molecule has 4 aliphatic carbocycles. The van der Waals surface area contributed by atoms with Crippen LogP contribution >= 0.6 is 0 Å². The molecule has 4 fully saturated rings. The van der Waals surface area contributed by atoms with Crippen molar-refractivity contribution in [1.29, 1.82) is 0 Å². The predicted molar refractivity (Wildman–Crippen MR) is 122 cm³/mol. The summed E-state index contributed by atoms with van der Waals surface area (Å²) in [5, 5.41) is 0. The van der Waals surface area contributed by atoms with Gasteiger partial charge in [0.15, 0.2) is 18.0 Å². The summed E-state index contributed by atoms with van der Waals surface area (Å²) in [6, 6.07) is 0. The first-order valence-electron chi connectivity index (χ1n) is 12.5. The third-order valence-electron chi connectivity index (χ3n) is 9.85. The predicted octanol–water partition coefficient (Wildman–Crippen LogP) is 3.44. The van der Waals surface area contributed by atoms with Crippen molar-refractivity contribution in [3.05, 3.63) is 23.8 Å². The monoisotopic (exact) mass is 488 g/mol. The molecule has 0 amide bonds. The Bertz CT molecular complexity index is 1080. The largest absolute Gasteiger partial charge is 0.458 e. The van der Waals surface area contributed by atoms with Gasteiger partial charge in [0.1, 0.15) is 11.8 Å². The molecule has 0 radical (unpaired) electrons. The Hall–Kier alpha value is -2.35. The van der Waals surface area contributed by atoms with E-state index in [1.54, 1.807) is 13.0 Å². The number of esters is 2. The molecule has 0 aromatic carbocycles. The summed E-state index contributed by atoms with van der Waals surface area (Å²) < 4.78 is 33.3. The van der Waals surface area contributed by atoms with Crippen LogP contribution in [0.1, 0.15) is 60.3 Å². The maximum atomic E-state index is 15.7. The molecule has 9 atom stereocenters. The second-order valence-corrected chi connectivity index (χ2v) is 11.4. The van der Waals surface area contributed by atoms with Gasteiger partial charge in [-0.1, -0.05) is 26.8 Å². The quantitative estimate of drug-likeness (QED) is 0.432. The number of halogens is 1. The number of ether oxygens (including phenoxy) is 3. The molecule has 0 unspecified atom stereocenters. The second-order valence-electron chi connectivity index (χ2n) is 11.4. The van der Waals surface area contributed by atoms with Crippen molar-refractivity contribution < 1.29 is 37.8 Å². The second kappa shape index (κ2) is 7.58. The van der Waals surface area contributed by atoms with Crippen molar-refractivity contribution in [2.75, 3.05) is 6.61 Å². The van der Waals surface area contributed by atoms with Gasteiger partial charge in [0.2, 0.25) is 5.78 Å². The van der Waals surface area contributed by atoms with Gasteiger partial charge >= 0.3 is 11.9 Å². The summed E-state index contributed by atoms with van der Waals surface area (Å²) in [5.41, 5.74) is -3.28. The zero-order valence-corrected chi connectivity index (χ0v) is 20.9. The number of fused-ring (bicyclic) bond motifs is 3. The summed E-state index contributed by atoms with van der Waals surface area (Å²) in [7, 11) is 0. The Kier molecular flexibility index (Phi) is 5.27. The highest BCUT2D eigenvalue weighted by atomic mass is 19.1. The van der Waals surface area contributed by atoms with Crippen molar-refractivity contribution in [3.63, 3.8) is 0 Å². The fourth-order valence-corrected chi connectivity index (χ4v) is 8.35. The molecule has 190 valence electrons. The number of epoxide rings is 1. The SMILES string of the molecule is CCC(=O)O[C@]1(C(=O)COC(C)=O)[C@@H](C)C[C@H]2[C@@H]3C[C@H](F)C4=CC(=O)C=C[C@]4(C)[C@@]34O[C@@H]4C[C@@]21C. The van der Waals surface area contributed by atoms with Gasteiger partial charge < -0.3 is 14.2 Å². The number of Topliss-reactive ketones (excluding diaryl/α,β-unsaturated/α-hetero) is 1. The maximum Gasteiger partial charge on any atom is 0.306 e. The Morgan fingerprint density at radius 2 is 1.91 bits per heavy atom. The fourth-order valence-electron chi connectivity index (χ4n) is 8.35. The summed E-state index contributed by atoms with van der Waals surface area (Å²) in [5.74, 6) is -2.49. The van der Waals surface area contributed by atoms with Crippen LogP contribution in [0.25, 0.3) is 0 Å². The smallest absolute Gasteiger partial charge is 0.306 e. The van der Waals surface area contributed by atoms with Crippen LogP contribution in [0, 0.1) is 28.6 Å². The molecule has 1 heterocycles. The average Bonchev–Trinajstić information content (AvgIpc) is 3.48. The molecule has 1 aliphatic heterocycles. The lowest BCUT2D eigenvalue weighted by Crippen LogP contribution is -2.64. The first-order chi connectivity index (χ1) is 16.4. The van der Waals surface area contributed by atoms with Crippen LogP contribution in [-0.2, 0) is 33.4 Å². The van der Waals surface area contributed by atoms with E-state index in [4.69, 9.17) is 14.2 Å². The van der Waals surface area contributed by atoms with Crippen LogP contribution in [0.4, 0.5) is 4.39 Å². The molecule has 0 N–H and O–H groups in total. The van der Waals surface area contributed by atoms with Gasteiger partial charge in [-0.25, -0.2) is 4.39 Å². The van der Waals surface area contributed by atoms with Crippen LogP contribution in [0.15, 0.2) is 23.8 Å². The summed E-state index contributed by atoms with van der Waals surface area (Å²) in [6.07, 6.45) is 4.39. The van der Waals surface area contributed by atoms with E-state index in [1.165, 1.54) is 19.1 Å². The number of carbonyl (C=O) groups is 4. The molecule has 3 saturated carbocycles. The molecular formula is C27H33FO7. The lowest BCUT2D eigenvalue weighted by Gasteiger charge is -2.56. The molecule has 5 aliphatic rings. The third kappa shape index (κ3) is 2.92. The molecular weight excluding hydrogens is 455 g/mol. The highest BCUT2D eigenvalue weighted by molar-refractivity contribution is 6.01. The molecule has 1 spiro atoms. The van der Waals surface area contributed by atoms with Crippen LogP contribution in [0.5, 0.6) is 0 Å². The number of ketones is 2. The molecule has 0 aromatic heterocycles. The molecule has 8 heteroatoms. The summed E-state index contributed by atoms with van der Waals surface area (Å²) in [4.78, 5) is 49.9. The number of rotatable bonds is 5. The Morgan fingerprint density at radius 1 is 1.20 bits per heavy atom. The first kappa shape index (κ1) is 24.3. The van der Waals surface area contributed by atoms with Gasteiger partial charge in [-0.15, -0.1) is 0 Å². The molecule has 35 heavy (non-hydrogen) atoms. The van der Waals surface area contributed by atoms with Crippen molar-refractivity contribution >= 4 is 23.5 Å². The minimum Gasteiger partial charge on any atom is -0.458 e. The van der Waals surface area contributed by atoms with E-state index in [1.807, 2.05) is 20.8 Å². The Labute approximate surface area is 204 Å². The van der Waals surface area contributed by atoms with E-state index in [0.29, 0.717) is 18.4 Å². The van der Waals surface area contributed by atoms with E-state index in [9.17, 15) is 19.2 Å². The molecule has 0 bridgehead atoms. The van der Waals surface area contributed by atoms with E-state index in [0.717, 1.165) is 0 Å². The molecule has 1 saturated heterocycles. The van der Waals surface area contributed by atoms with Gasteiger partial charge in [0.25, 0.3) is 0 Å². The Morgan fingerprint density at radius 3 is 2.57 bits per heavy atom. The number of alkyl halides is 1. The fraction of sp³-hybridized carbons (Fsp3) is 0.704. The first-order valence-corrected chi connectivity index (χ1v) is 12.5. The van der Waals surface area contributed by atoms with E-state index >= 15 is 4.39 Å². The van der Waals surface area contributed by atoms with Gasteiger partial charge in [-0.05, 0) is 55.7 Å². The van der Waals surface area contributed by atoms with Gasteiger partial charge in [0.05, 0.1) is 6.10 Å². The van der Waals surface area contributed by atoms with Crippen molar-refractivity contribution in [2.24, 2.45) is 28.6 Å². The standard InChI is InChI=1S/C27H33FO7/c1-6-23(32)35-26(21(31)13-33-15(3)29)14(2)9-17-18-11-20(28)19-10-16(30)7-8-24(19,4)27(18)22(34-27)12-25(17,26)5/h7-8,10,14,17-18,20,22H,6,9,11-13H2,1-5H3/t14-,17-,18-,20-,22+,24-,25-,26-,27+/m0/s1. The van der Waals surface area contributed by atoms with Crippen molar-refractivity contribution in [3.8, 4) is 0 Å². The van der Waals surface area contributed by atoms with Crippen molar-refractivity contribution in [2.45, 2.75) is 83.8 Å². The summed E-state index contributed by atoms with van der Waals surface area (Å²) in [6.45, 7) is 8.19. The van der Waals surface area contributed by atoms with Gasteiger partial charge in [0, 0.05) is 30.1 Å². The number of allylic oxidation sites excluding steroid dienone is 2. The van der Waals surface area contributed by atoms with E-state index in [-0.39, 0.29) is 42.5 Å². The van der Waals surface area contributed by atoms with E-state index in [2.05, 4.69) is 0 Å². The Balaban J connectivity index is 1.59.